The molecule has 156 valence electrons. The van der Waals surface area contributed by atoms with Gasteiger partial charge in [0.1, 0.15) is 12.4 Å². The number of aryl methyl sites for hydroxylation is 1. The summed E-state index contributed by atoms with van der Waals surface area (Å²) in [6.45, 7) is 6.72. The van der Waals surface area contributed by atoms with Gasteiger partial charge < -0.3 is 20.1 Å². The van der Waals surface area contributed by atoms with Gasteiger partial charge in [-0.05, 0) is 31.0 Å². The summed E-state index contributed by atoms with van der Waals surface area (Å²) in [6, 6.07) is 12.5. The number of guanidine groups is 1. The van der Waals surface area contributed by atoms with Gasteiger partial charge in [-0.3, -0.25) is 10.1 Å². The number of nitrogens with one attached hydrogen (secondary N) is 2. The van der Waals surface area contributed by atoms with Crippen molar-refractivity contribution in [3.8, 4) is 5.75 Å². The second kappa shape index (κ2) is 11.7. The molecule has 2 N–H and O–H groups in total. The molecule has 0 amide bonds. The van der Waals surface area contributed by atoms with Crippen LogP contribution >= 0.6 is 0 Å². The monoisotopic (exact) mass is 400 g/mol. The highest BCUT2D eigenvalue weighted by Crippen LogP contribution is 2.20. The zero-order chi connectivity index (χ0) is 21.1. The largest absolute Gasteiger partial charge is 0.491 e. The van der Waals surface area contributed by atoms with Gasteiger partial charge in [-0.1, -0.05) is 24.3 Å². The number of aliphatic imine (C=N–C) groups is 1. The maximum atomic E-state index is 10.8. The van der Waals surface area contributed by atoms with Crippen LogP contribution in [0, 0.1) is 17.0 Å². The summed E-state index contributed by atoms with van der Waals surface area (Å²) in [5, 5.41) is 17.3. The fourth-order valence-electron chi connectivity index (χ4n) is 2.59. The Morgan fingerprint density at radius 3 is 2.55 bits per heavy atom. The van der Waals surface area contributed by atoms with Crippen molar-refractivity contribution >= 4 is 11.6 Å². The van der Waals surface area contributed by atoms with E-state index in [1.807, 2.05) is 32.0 Å². The highest BCUT2D eigenvalue weighted by atomic mass is 16.6. The van der Waals surface area contributed by atoms with E-state index in [4.69, 9.17) is 9.47 Å². The summed E-state index contributed by atoms with van der Waals surface area (Å²) in [4.78, 5) is 14.9. The first-order valence-corrected chi connectivity index (χ1v) is 9.50. The normalized spacial score (nSPS) is 11.2. The molecule has 0 saturated heterocycles. The van der Waals surface area contributed by atoms with Crippen LogP contribution in [0.2, 0.25) is 0 Å². The lowest BCUT2D eigenvalue weighted by Gasteiger charge is -2.15. The van der Waals surface area contributed by atoms with Crippen molar-refractivity contribution in [3.63, 3.8) is 0 Å². The minimum atomic E-state index is -0.410. The number of methoxy groups -OCH3 is 1. The lowest BCUT2D eigenvalue weighted by Crippen LogP contribution is -2.36. The molecule has 0 aliphatic rings. The number of nitro groups is 1. The van der Waals surface area contributed by atoms with Crippen molar-refractivity contribution in [1.29, 1.82) is 0 Å². The maximum absolute atomic E-state index is 10.8. The summed E-state index contributed by atoms with van der Waals surface area (Å²) in [5.41, 5.74) is 3.11. The lowest BCUT2D eigenvalue weighted by atomic mass is 10.1. The Kier molecular flexibility index (Phi) is 8.91. The molecule has 0 aliphatic carbocycles. The molecule has 29 heavy (non-hydrogen) atoms. The molecule has 2 aromatic rings. The van der Waals surface area contributed by atoms with Gasteiger partial charge in [0.25, 0.3) is 5.69 Å². The molecule has 8 nitrogen and oxygen atoms in total. The molecular weight excluding hydrogens is 372 g/mol. The number of hydrogen-bond donors (Lipinski definition) is 2. The average molecular weight is 400 g/mol. The number of ether oxygens (including phenoxy) is 2. The van der Waals surface area contributed by atoms with E-state index < -0.39 is 4.92 Å². The van der Waals surface area contributed by atoms with E-state index in [1.54, 1.807) is 19.2 Å². The molecule has 0 spiro atoms. The summed E-state index contributed by atoms with van der Waals surface area (Å²) < 4.78 is 10.9. The molecule has 2 rings (SSSR count). The molecule has 8 heteroatoms. The molecule has 0 aromatic heterocycles. The summed E-state index contributed by atoms with van der Waals surface area (Å²) in [6.07, 6.45) is 0. The van der Waals surface area contributed by atoms with Crippen LogP contribution in [0.5, 0.6) is 5.75 Å². The van der Waals surface area contributed by atoms with E-state index in [2.05, 4.69) is 15.6 Å². The second-order valence-electron chi connectivity index (χ2n) is 6.42. The Hall–Kier alpha value is -3.13. The molecular formula is C21H28N4O4. The van der Waals surface area contributed by atoms with Gasteiger partial charge in [0.05, 0.1) is 18.1 Å². The zero-order valence-electron chi connectivity index (χ0n) is 17.1. The molecule has 0 fully saturated rings. The predicted molar refractivity (Wildman–Crippen MR) is 113 cm³/mol. The van der Waals surface area contributed by atoms with Crippen molar-refractivity contribution in [2.75, 3.05) is 26.9 Å². The van der Waals surface area contributed by atoms with E-state index in [0.717, 1.165) is 29.0 Å². The molecule has 0 unspecified atom stereocenters. The number of rotatable bonds is 10. The van der Waals surface area contributed by atoms with Gasteiger partial charge >= 0.3 is 0 Å². The highest BCUT2D eigenvalue weighted by Gasteiger charge is 2.07. The fourth-order valence-corrected chi connectivity index (χ4v) is 2.59. The van der Waals surface area contributed by atoms with Crippen LogP contribution in [0.1, 0.15) is 23.6 Å². The first-order chi connectivity index (χ1) is 14.0. The van der Waals surface area contributed by atoms with Gasteiger partial charge in [0, 0.05) is 37.9 Å². The van der Waals surface area contributed by atoms with Crippen LogP contribution in [0.4, 0.5) is 5.69 Å². The van der Waals surface area contributed by atoms with Gasteiger partial charge in [-0.15, -0.1) is 0 Å². The van der Waals surface area contributed by atoms with Crippen LogP contribution in [0.25, 0.3) is 0 Å². The number of benzene rings is 2. The quantitative estimate of drug-likeness (QED) is 0.209. The smallest absolute Gasteiger partial charge is 0.269 e. The van der Waals surface area contributed by atoms with Crippen LogP contribution < -0.4 is 15.4 Å². The van der Waals surface area contributed by atoms with Gasteiger partial charge in [0.2, 0.25) is 0 Å². The van der Waals surface area contributed by atoms with Gasteiger partial charge in [-0.2, -0.15) is 0 Å². The third-order valence-electron chi connectivity index (χ3n) is 4.13. The first kappa shape index (κ1) is 22.2. The number of nitrogens with zero attached hydrogens (tertiary/aromatic N) is 2. The Bertz CT molecular complexity index is 822. The predicted octanol–water partition coefficient (Wildman–Crippen LogP) is 3.18. The Balaban J connectivity index is 2.03. The van der Waals surface area contributed by atoms with Crippen LogP contribution in [0.3, 0.4) is 0 Å². The number of hydrogen-bond acceptors (Lipinski definition) is 5. The van der Waals surface area contributed by atoms with E-state index >= 15 is 0 Å². The third-order valence-corrected chi connectivity index (χ3v) is 4.13. The van der Waals surface area contributed by atoms with Crippen molar-refractivity contribution in [2.24, 2.45) is 4.99 Å². The Morgan fingerprint density at radius 2 is 1.90 bits per heavy atom. The van der Waals surface area contributed by atoms with Crippen molar-refractivity contribution in [3.05, 3.63) is 69.3 Å². The third kappa shape index (κ3) is 7.42. The first-order valence-electron chi connectivity index (χ1n) is 9.50. The number of non-ortho nitro benzene ring substituents is 1. The molecule has 2 aromatic carbocycles. The minimum absolute atomic E-state index is 0.0723. The SMILES string of the molecule is CCNC(=NCc1ccc([N+](=O)[O-])cc1)NCc1ccc(C)cc1OCCOC. The Morgan fingerprint density at radius 1 is 1.14 bits per heavy atom. The standard InChI is InChI=1S/C21H28N4O4/c1-4-22-21(23-14-17-6-9-19(10-7-17)25(26)27)24-15-18-8-5-16(2)13-20(18)29-12-11-28-3/h5-10,13H,4,11-12,14-15H2,1-3H3,(H2,22,23,24). The molecule has 0 radical (unpaired) electrons. The lowest BCUT2D eigenvalue weighted by molar-refractivity contribution is -0.384. The van der Waals surface area contributed by atoms with Crippen LogP contribution in [0.15, 0.2) is 47.5 Å². The van der Waals surface area contributed by atoms with Gasteiger partial charge in [0.15, 0.2) is 5.96 Å². The fraction of sp³-hybridized carbons (Fsp3) is 0.381. The number of nitro benzene ring substituents is 1. The van der Waals surface area contributed by atoms with E-state index in [-0.39, 0.29) is 5.69 Å². The maximum Gasteiger partial charge on any atom is 0.269 e. The zero-order valence-corrected chi connectivity index (χ0v) is 17.1. The summed E-state index contributed by atoms with van der Waals surface area (Å²) in [7, 11) is 1.65. The van der Waals surface area contributed by atoms with E-state index in [0.29, 0.717) is 32.3 Å². The Labute approximate surface area is 171 Å². The molecule has 0 aliphatic heterocycles. The van der Waals surface area contributed by atoms with Crippen molar-refractivity contribution < 1.29 is 14.4 Å². The van der Waals surface area contributed by atoms with E-state index in [9.17, 15) is 10.1 Å². The molecule has 0 heterocycles. The van der Waals surface area contributed by atoms with Crippen molar-refractivity contribution in [1.82, 2.24) is 10.6 Å². The summed E-state index contributed by atoms with van der Waals surface area (Å²) >= 11 is 0. The van der Waals surface area contributed by atoms with Gasteiger partial charge in [-0.25, -0.2) is 4.99 Å². The van der Waals surface area contributed by atoms with Crippen LogP contribution in [-0.2, 0) is 17.8 Å². The second-order valence-corrected chi connectivity index (χ2v) is 6.42. The molecule has 0 bridgehead atoms. The molecule has 0 saturated carbocycles. The van der Waals surface area contributed by atoms with E-state index in [1.165, 1.54) is 12.1 Å². The summed E-state index contributed by atoms with van der Waals surface area (Å²) in [5.74, 6) is 1.48. The average Bonchev–Trinajstić information content (AvgIpc) is 2.71. The van der Waals surface area contributed by atoms with Crippen LogP contribution in [-0.4, -0.2) is 37.8 Å². The topological polar surface area (TPSA) is 98.0 Å². The van der Waals surface area contributed by atoms with Crippen molar-refractivity contribution in [2.45, 2.75) is 26.9 Å². The molecule has 0 atom stereocenters. The highest BCUT2D eigenvalue weighted by molar-refractivity contribution is 5.79. The minimum Gasteiger partial charge on any atom is -0.491 e.